The van der Waals surface area contributed by atoms with Crippen molar-refractivity contribution in [1.29, 1.82) is 0 Å². The van der Waals surface area contributed by atoms with Crippen molar-refractivity contribution < 1.29 is 33.3 Å². The maximum Gasteiger partial charge on any atom is 0.347 e. The molecule has 44 heavy (non-hydrogen) atoms. The Balaban J connectivity index is 1.45. The number of esters is 3. The van der Waals surface area contributed by atoms with Crippen LogP contribution < -0.4 is 9.47 Å². The summed E-state index contributed by atoms with van der Waals surface area (Å²) in [7, 11) is 0. The third-order valence-electron chi connectivity index (χ3n) is 7.43. The minimum Gasteiger partial charge on any atom is -0.494 e. The van der Waals surface area contributed by atoms with E-state index in [1.54, 1.807) is 12.1 Å². The third kappa shape index (κ3) is 11.2. The molecule has 7 nitrogen and oxygen atoms in total. The monoisotopic (exact) mass is 602 g/mol. The summed E-state index contributed by atoms with van der Waals surface area (Å²) in [6.45, 7) is 8.29. The first-order valence-corrected chi connectivity index (χ1v) is 15.9. The van der Waals surface area contributed by atoms with Crippen LogP contribution in [-0.2, 0) is 14.3 Å². The van der Waals surface area contributed by atoms with E-state index in [4.69, 9.17) is 18.9 Å². The second-order valence-corrected chi connectivity index (χ2v) is 10.9. The van der Waals surface area contributed by atoms with Crippen LogP contribution in [0.1, 0.15) is 106 Å². The van der Waals surface area contributed by atoms with Crippen molar-refractivity contribution in [3.63, 3.8) is 0 Å². The fraction of sp³-hybridized carbons (Fsp3) is 0.432. The lowest BCUT2D eigenvalue weighted by atomic mass is 10.0. The maximum atomic E-state index is 12.7. The Hall–Kier alpha value is -4.13. The lowest BCUT2D eigenvalue weighted by Gasteiger charge is -2.18. The number of rotatable bonds is 18. The van der Waals surface area contributed by atoms with Gasteiger partial charge < -0.3 is 18.9 Å². The first-order chi connectivity index (χ1) is 21.3. The van der Waals surface area contributed by atoms with E-state index < -0.39 is 24.0 Å². The summed E-state index contributed by atoms with van der Waals surface area (Å²) < 4.78 is 22.0. The highest BCUT2D eigenvalue weighted by Crippen LogP contribution is 2.24. The summed E-state index contributed by atoms with van der Waals surface area (Å²) in [6.07, 6.45) is 8.92. The first kappa shape index (κ1) is 34.4. The number of ether oxygens (including phenoxy) is 4. The molecule has 0 heterocycles. The SMILES string of the molecule is CCCCCCCCCOc1ccc(-c2ccc(C(=O)Oc3ccc(C(=O)OC(C)C(=O)OC(CC)CC)cc3)cc2)cc1. The van der Waals surface area contributed by atoms with Gasteiger partial charge in [0.25, 0.3) is 0 Å². The van der Waals surface area contributed by atoms with E-state index in [1.807, 2.05) is 50.2 Å². The molecule has 236 valence electrons. The van der Waals surface area contributed by atoms with Gasteiger partial charge in [-0.2, -0.15) is 0 Å². The van der Waals surface area contributed by atoms with E-state index >= 15 is 0 Å². The van der Waals surface area contributed by atoms with Gasteiger partial charge in [-0.15, -0.1) is 0 Å². The Kier molecular flexibility index (Phi) is 14.5. The Morgan fingerprint density at radius 2 is 1.09 bits per heavy atom. The molecule has 3 aromatic rings. The van der Waals surface area contributed by atoms with Crippen LogP contribution in [0.3, 0.4) is 0 Å². The van der Waals surface area contributed by atoms with Crippen molar-refractivity contribution in [2.24, 2.45) is 0 Å². The van der Waals surface area contributed by atoms with Crippen molar-refractivity contribution in [3.05, 3.63) is 83.9 Å². The molecule has 0 aliphatic carbocycles. The number of carbonyl (C=O) groups excluding carboxylic acids is 3. The second kappa shape index (κ2) is 18.5. The molecule has 3 rings (SSSR count). The summed E-state index contributed by atoms with van der Waals surface area (Å²) in [6, 6.07) is 21.1. The zero-order valence-corrected chi connectivity index (χ0v) is 26.5. The summed E-state index contributed by atoms with van der Waals surface area (Å²) in [5, 5.41) is 0. The molecule has 3 aromatic carbocycles. The topological polar surface area (TPSA) is 88.1 Å². The fourth-order valence-corrected chi connectivity index (χ4v) is 4.61. The highest BCUT2D eigenvalue weighted by atomic mass is 16.6. The van der Waals surface area contributed by atoms with Crippen molar-refractivity contribution >= 4 is 17.9 Å². The molecule has 0 aromatic heterocycles. The average Bonchev–Trinajstić information content (AvgIpc) is 3.05. The van der Waals surface area contributed by atoms with Crippen LogP contribution in [0.25, 0.3) is 11.1 Å². The number of unbranched alkanes of at least 4 members (excludes halogenated alkanes) is 6. The fourth-order valence-electron chi connectivity index (χ4n) is 4.61. The van der Waals surface area contributed by atoms with E-state index in [1.165, 1.54) is 69.7 Å². The van der Waals surface area contributed by atoms with Gasteiger partial charge in [-0.3, -0.25) is 0 Å². The summed E-state index contributed by atoms with van der Waals surface area (Å²) in [5.74, 6) is -0.625. The van der Waals surface area contributed by atoms with Gasteiger partial charge in [0.2, 0.25) is 0 Å². The normalized spacial score (nSPS) is 11.6. The Morgan fingerprint density at radius 1 is 0.591 bits per heavy atom. The first-order valence-electron chi connectivity index (χ1n) is 15.9. The highest BCUT2D eigenvalue weighted by molar-refractivity contribution is 5.93. The lowest BCUT2D eigenvalue weighted by molar-refractivity contribution is -0.158. The molecule has 0 fully saturated rings. The van der Waals surface area contributed by atoms with Crippen LogP contribution in [0.15, 0.2) is 72.8 Å². The number of hydrogen-bond acceptors (Lipinski definition) is 7. The van der Waals surface area contributed by atoms with Crippen molar-refractivity contribution in [2.45, 2.75) is 97.7 Å². The molecule has 1 atom stereocenters. The van der Waals surface area contributed by atoms with E-state index in [0.29, 0.717) is 18.4 Å². The van der Waals surface area contributed by atoms with E-state index in [2.05, 4.69) is 6.92 Å². The Bertz CT molecular complexity index is 1290. The summed E-state index contributed by atoms with van der Waals surface area (Å²) in [4.78, 5) is 37.4. The zero-order chi connectivity index (χ0) is 31.7. The highest BCUT2D eigenvalue weighted by Gasteiger charge is 2.23. The van der Waals surface area contributed by atoms with Crippen molar-refractivity contribution in [3.8, 4) is 22.6 Å². The van der Waals surface area contributed by atoms with E-state index in [9.17, 15) is 14.4 Å². The van der Waals surface area contributed by atoms with Crippen LogP contribution >= 0.6 is 0 Å². The average molecular weight is 603 g/mol. The van der Waals surface area contributed by atoms with Crippen LogP contribution in [0.4, 0.5) is 0 Å². The van der Waals surface area contributed by atoms with E-state index in [-0.39, 0.29) is 17.4 Å². The number of carbonyl (C=O) groups is 3. The van der Waals surface area contributed by atoms with Gasteiger partial charge >= 0.3 is 17.9 Å². The van der Waals surface area contributed by atoms with Crippen LogP contribution in [0.5, 0.6) is 11.5 Å². The number of benzene rings is 3. The van der Waals surface area contributed by atoms with Gasteiger partial charge in [-0.05, 0) is 85.8 Å². The molecule has 0 saturated carbocycles. The minimum absolute atomic E-state index is 0.204. The second-order valence-electron chi connectivity index (χ2n) is 10.9. The third-order valence-corrected chi connectivity index (χ3v) is 7.43. The van der Waals surface area contributed by atoms with Gasteiger partial charge in [0.15, 0.2) is 6.10 Å². The Labute approximate surface area is 261 Å². The smallest absolute Gasteiger partial charge is 0.347 e. The van der Waals surface area contributed by atoms with Crippen LogP contribution in [0, 0.1) is 0 Å². The quantitative estimate of drug-likeness (QED) is 0.0815. The standard InChI is InChI=1S/C37H46O7/c1-5-8-9-10-11-12-13-26-41-33-22-18-29(19-23-33)28-14-16-30(17-15-28)37(40)44-34-24-20-31(21-25-34)36(39)42-27(4)35(38)43-32(6-2)7-3/h14-25,27,32H,5-13,26H2,1-4H3. The zero-order valence-electron chi connectivity index (χ0n) is 26.5. The predicted octanol–water partition coefficient (Wildman–Crippen LogP) is 8.98. The van der Waals surface area contributed by atoms with Crippen LogP contribution in [0.2, 0.25) is 0 Å². The molecule has 0 aliphatic rings. The molecule has 0 amide bonds. The molecular weight excluding hydrogens is 556 g/mol. The molecule has 0 spiro atoms. The number of hydrogen-bond donors (Lipinski definition) is 0. The van der Waals surface area contributed by atoms with E-state index in [0.717, 1.165) is 29.9 Å². The van der Waals surface area contributed by atoms with Gasteiger partial charge in [-0.1, -0.05) is 83.6 Å². The van der Waals surface area contributed by atoms with Gasteiger partial charge in [-0.25, -0.2) is 14.4 Å². The summed E-state index contributed by atoms with van der Waals surface area (Å²) >= 11 is 0. The predicted molar refractivity (Wildman–Crippen MR) is 172 cm³/mol. The molecule has 0 radical (unpaired) electrons. The molecule has 0 bridgehead atoms. The van der Waals surface area contributed by atoms with Crippen molar-refractivity contribution in [2.75, 3.05) is 6.61 Å². The molecule has 7 heteroatoms. The van der Waals surface area contributed by atoms with Crippen molar-refractivity contribution in [1.82, 2.24) is 0 Å². The van der Waals surface area contributed by atoms with Gasteiger partial charge in [0, 0.05) is 0 Å². The molecule has 0 N–H and O–H groups in total. The molecule has 1 unspecified atom stereocenters. The lowest BCUT2D eigenvalue weighted by Crippen LogP contribution is -2.29. The minimum atomic E-state index is -1.03. The molecule has 0 aliphatic heterocycles. The summed E-state index contributed by atoms with van der Waals surface area (Å²) in [5.41, 5.74) is 2.62. The largest absolute Gasteiger partial charge is 0.494 e. The Morgan fingerprint density at radius 3 is 1.68 bits per heavy atom. The molecular formula is C37H46O7. The van der Waals surface area contributed by atoms with Crippen LogP contribution in [-0.4, -0.2) is 36.7 Å². The molecule has 0 saturated heterocycles. The maximum absolute atomic E-state index is 12.7. The van der Waals surface area contributed by atoms with Gasteiger partial charge in [0.05, 0.1) is 17.7 Å². The van der Waals surface area contributed by atoms with Gasteiger partial charge in [0.1, 0.15) is 17.6 Å².